The molecule has 0 radical (unpaired) electrons. The van der Waals surface area contributed by atoms with Crippen molar-refractivity contribution in [1.82, 2.24) is 19.3 Å². The van der Waals surface area contributed by atoms with E-state index in [1.165, 1.54) is 6.20 Å². The van der Waals surface area contributed by atoms with Crippen LogP contribution in [0.2, 0.25) is 0 Å². The molecule has 0 aliphatic carbocycles. The molecule has 4 aromatic rings. The van der Waals surface area contributed by atoms with Crippen LogP contribution in [0.15, 0.2) is 94.6 Å². The molecule has 3 aromatic carbocycles. The molecule has 0 aliphatic rings. The van der Waals surface area contributed by atoms with Crippen molar-refractivity contribution in [1.29, 1.82) is 5.26 Å². The first-order chi connectivity index (χ1) is 25.9. The maximum atomic E-state index is 15.3. The molecule has 54 heavy (non-hydrogen) atoms. The van der Waals surface area contributed by atoms with Crippen molar-refractivity contribution in [2.45, 2.75) is 65.3 Å². The number of rotatable bonds is 21. The van der Waals surface area contributed by atoms with Crippen molar-refractivity contribution in [2.75, 3.05) is 40.1 Å². The average Bonchev–Trinajstić information content (AvgIpc) is 3.17. The molecule has 2 unspecified atom stereocenters. The van der Waals surface area contributed by atoms with E-state index in [-0.39, 0.29) is 50.9 Å². The molecule has 1 aromatic heterocycles. The number of H-pyrrole nitrogens is 1. The molecule has 1 heterocycles. The Kier molecular flexibility index (Phi) is 15.8. The maximum absolute atomic E-state index is 15.3. The molecule has 2 atom stereocenters. The number of methoxy groups -OCH3 is 2. The van der Waals surface area contributed by atoms with Gasteiger partial charge in [-0.2, -0.15) is 5.26 Å². The number of nitrogens with zero attached hydrogens (tertiary/aromatic N) is 3. The molecule has 0 fully saturated rings. The molecular formula is C39H51N5O8P2. The molecule has 0 saturated heterocycles. The zero-order chi connectivity index (χ0) is 39.3. The fourth-order valence-electron chi connectivity index (χ4n) is 6.04. The predicted octanol–water partition coefficient (Wildman–Crippen LogP) is 6.95. The number of nitrogens with one attached hydrogen (secondary N) is 2. The number of ether oxygens (including phenoxy) is 3. The van der Waals surface area contributed by atoms with Gasteiger partial charge in [0.05, 0.1) is 33.3 Å². The van der Waals surface area contributed by atoms with E-state index in [9.17, 15) is 14.9 Å². The Morgan fingerprint density at radius 1 is 0.870 bits per heavy atom. The Morgan fingerprint density at radius 2 is 1.43 bits per heavy atom. The number of hydrogen-bond donors (Lipinski definition) is 2. The predicted molar refractivity (Wildman–Crippen MR) is 211 cm³/mol. The topological polar surface area (TPSA) is 157 Å². The summed E-state index contributed by atoms with van der Waals surface area (Å²) in [6.45, 7) is 9.75. The molecule has 4 rings (SSSR count). The molecule has 0 aliphatic heterocycles. The lowest BCUT2D eigenvalue weighted by Gasteiger charge is -2.38. The quantitative estimate of drug-likeness (QED) is 0.0513. The summed E-state index contributed by atoms with van der Waals surface area (Å²) >= 11 is 0. The number of hydrogen-bond acceptors (Lipinski definition) is 10. The van der Waals surface area contributed by atoms with Gasteiger partial charge in [-0.15, -0.1) is 0 Å². The van der Waals surface area contributed by atoms with E-state index < -0.39 is 32.7 Å². The number of aryl methyl sites for hydroxylation is 1. The van der Waals surface area contributed by atoms with Gasteiger partial charge in [0.1, 0.15) is 29.8 Å². The molecular weight excluding hydrogens is 728 g/mol. The number of aromatic amines is 1. The summed E-state index contributed by atoms with van der Waals surface area (Å²) in [4.78, 5) is 28.0. The zero-order valence-corrected chi connectivity index (χ0v) is 33.8. The molecule has 0 amide bonds. The SMILES string of the molecule is COc1ccc(C(OCP(=O)(COP(OCCC#N)N(C(C)C)C(C)C)NCCn2c(=O)[nH]cc(C)c2=O)(c2ccccc2)c2ccc(OC)cc2)cc1. The number of aromatic nitrogens is 2. The average molecular weight is 780 g/mol. The first-order valence-corrected chi connectivity index (χ1v) is 20.9. The van der Waals surface area contributed by atoms with E-state index in [1.807, 2.05) is 111 Å². The molecule has 0 spiro atoms. The fraction of sp³-hybridized carbons (Fsp3) is 0.410. The van der Waals surface area contributed by atoms with E-state index in [0.717, 1.165) is 21.3 Å². The van der Waals surface area contributed by atoms with Gasteiger partial charge >= 0.3 is 5.69 Å². The first-order valence-electron chi connectivity index (χ1n) is 17.7. The molecule has 0 saturated carbocycles. The van der Waals surface area contributed by atoms with Gasteiger partial charge in [-0.25, -0.2) is 9.46 Å². The Balaban J connectivity index is 1.80. The van der Waals surface area contributed by atoms with Crippen LogP contribution in [0.3, 0.4) is 0 Å². The third kappa shape index (κ3) is 10.6. The number of benzene rings is 3. The highest BCUT2D eigenvalue weighted by atomic mass is 31.2. The molecule has 15 heteroatoms. The van der Waals surface area contributed by atoms with Crippen LogP contribution in [0.4, 0.5) is 0 Å². The molecule has 0 bridgehead atoms. The van der Waals surface area contributed by atoms with Crippen LogP contribution in [-0.4, -0.2) is 66.4 Å². The van der Waals surface area contributed by atoms with Gasteiger partial charge < -0.3 is 32.8 Å². The summed E-state index contributed by atoms with van der Waals surface area (Å²) in [7, 11) is -2.27. The van der Waals surface area contributed by atoms with E-state index in [0.29, 0.717) is 17.1 Å². The standard InChI is InChI=1S/C39H51N5O8P2/c1-29(2)44(30(3)4)53(51-25-11-22-40)52-28-54(47,42-23-24-43-37(45)31(5)26-41-38(43)46)27-50-39(32-12-9-8-10-13-32,33-14-18-35(48-6)19-15-33)34-16-20-36(49-7)21-17-34/h8-10,12-21,26,29-30H,11,23-25,27-28H2,1-7H3,(H,41,46)(H,42,47). The van der Waals surface area contributed by atoms with Crippen molar-refractivity contribution >= 4 is 15.8 Å². The summed E-state index contributed by atoms with van der Waals surface area (Å²) in [5.74, 6) is 1.31. The van der Waals surface area contributed by atoms with Gasteiger partial charge in [-0.3, -0.25) is 14.4 Å². The largest absolute Gasteiger partial charge is 0.497 e. The summed E-state index contributed by atoms with van der Waals surface area (Å²) in [6, 6.07) is 26.8. The zero-order valence-electron chi connectivity index (χ0n) is 32.0. The second kappa shape index (κ2) is 20.0. The lowest BCUT2D eigenvalue weighted by Crippen LogP contribution is -2.39. The minimum atomic E-state index is -3.71. The lowest BCUT2D eigenvalue weighted by molar-refractivity contribution is 0.0407. The van der Waals surface area contributed by atoms with Crippen LogP contribution in [0.1, 0.15) is 56.4 Å². The van der Waals surface area contributed by atoms with Gasteiger partial charge in [0, 0.05) is 36.9 Å². The van der Waals surface area contributed by atoms with E-state index in [1.54, 1.807) is 21.1 Å². The summed E-state index contributed by atoms with van der Waals surface area (Å²) < 4.78 is 48.9. The van der Waals surface area contributed by atoms with Crippen LogP contribution < -0.4 is 25.8 Å². The first kappa shape index (κ1) is 42.6. The van der Waals surface area contributed by atoms with Crippen molar-refractivity contribution < 1.29 is 27.8 Å². The number of nitriles is 1. The maximum Gasteiger partial charge on any atom is 0.328 e. The summed E-state index contributed by atoms with van der Waals surface area (Å²) in [6.07, 6.45) is 0.890. The third-order valence-electron chi connectivity index (χ3n) is 8.68. The van der Waals surface area contributed by atoms with Crippen molar-refractivity contribution in [3.05, 3.63) is 128 Å². The van der Waals surface area contributed by atoms with Gasteiger partial charge in [-0.1, -0.05) is 54.6 Å². The summed E-state index contributed by atoms with van der Waals surface area (Å²) in [5, 5.41) is 12.4. The normalized spacial score (nSPS) is 13.5. The van der Waals surface area contributed by atoms with Crippen LogP contribution in [0, 0.1) is 18.3 Å². The van der Waals surface area contributed by atoms with Crippen LogP contribution in [0.5, 0.6) is 11.5 Å². The monoisotopic (exact) mass is 779 g/mol. The fourth-order valence-corrected chi connectivity index (χ4v) is 9.69. The smallest absolute Gasteiger partial charge is 0.328 e. The highest BCUT2D eigenvalue weighted by Gasteiger charge is 2.41. The van der Waals surface area contributed by atoms with Gasteiger partial charge in [0.2, 0.25) is 0 Å². The Labute approximate surface area is 318 Å². The van der Waals surface area contributed by atoms with Crippen LogP contribution in [0.25, 0.3) is 0 Å². The summed E-state index contributed by atoms with van der Waals surface area (Å²) in [5.41, 5.74) is 0.352. The van der Waals surface area contributed by atoms with Crippen molar-refractivity contribution in [2.24, 2.45) is 0 Å². The van der Waals surface area contributed by atoms with Crippen molar-refractivity contribution in [3.8, 4) is 17.6 Å². The minimum absolute atomic E-state index is 0.00879. The highest BCUT2D eigenvalue weighted by molar-refractivity contribution is 7.62. The van der Waals surface area contributed by atoms with Gasteiger partial charge in [0.25, 0.3) is 14.1 Å². The second-order valence-corrected chi connectivity index (χ2v) is 17.2. The molecule has 290 valence electrons. The van der Waals surface area contributed by atoms with Crippen LogP contribution >= 0.6 is 15.8 Å². The second-order valence-electron chi connectivity index (χ2n) is 13.1. The van der Waals surface area contributed by atoms with E-state index in [2.05, 4.69) is 16.1 Å². The van der Waals surface area contributed by atoms with E-state index >= 15 is 4.57 Å². The minimum Gasteiger partial charge on any atom is -0.497 e. The van der Waals surface area contributed by atoms with Gasteiger partial charge in [-0.05, 0) is 75.6 Å². The van der Waals surface area contributed by atoms with E-state index in [4.69, 9.17) is 23.3 Å². The van der Waals surface area contributed by atoms with Gasteiger partial charge in [0.15, 0.2) is 7.29 Å². The Morgan fingerprint density at radius 3 is 1.94 bits per heavy atom. The highest BCUT2D eigenvalue weighted by Crippen LogP contribution is 2.53. The Hall–Kier alpha value is -4.11. The Bertz CT molecular complexity index is 1920. The third-order valence-corrected chi connectivity index (χ3v) is 12.8. The van der Waals surface area contributed by atoms with Crippen LogP contribution in [-0.2, 0) is 30.5 Å². The molecule has 13 nitrogen and oxygen atoms in total. The molecule has 2 N–H and O–H groups in total. The lowest BCUT2D eigenvalue weighted by atomic mass is 9.80. The van der Waals surface area contributed by atoms with Crippen molar-refractivity contribution in [3.63, 3.8) is 0 Å².